The van der Waals surface area contributed by atoms with E-state index in [0.29, 0.717) is 13.0 Å². The summed E-state index contributed by atoms with van der Waals surface area (Å²) in [6.07, 6.45) is 10.7. The Morgan fingerprint density at radius 2 is 1.79 bits per heavy atom. The first-order valence-electron chi connectivity index (χ1n) is 11.7. The molecule has 0 unspecified atom stereocenters. The molecule has 0 atom stereocenters. The molecule has 4 nitrogen and oxygen atoms in total. The lowest BCUT2D eigenvalue weighted by atomic mass is 9.49. The van der Waals surface area contributed by atoms with Gasteiger partial charge in [-0.15, -0.1) is 0 Å². The van der Waals surface area contributed by atoms with Gasteiger partial charge in [0.1, 0.15) is 0 Å². The zero-order valence-electron chi connectivity index (χ0n) is 17.7. The third-order valence-electron chi connectivity index (χ3n) is 8.03. The lowest BCUT2D eigenvalue weighted by Crippen LogP contribution is -2.53. The molecule has 5 aliphatic rings. The number of hydrogen-bond acceptors (Lipinski definition) is 2. The topological polar surface area (TPSA) is 49.4 Å². The van der Waals surface area contributed by atoms with Crippen LogP contribution >= 0.6 is 0 Å². The summed E-state index contributed by atoms with van der Waals surface area (Å²) in [6.45, 7) is 3.54. The molecule has 0 spiro atoms. The molecule has 156 valence electrons. The van der Waals surface area contributed by atoms with Crippen LogP contribution in [0.1, 0.15) is 68.9 Å². The Hall–Kier alpha value is -1.84. The average molecular weight is 395 g/mol. The molecule has 0 saturated heterocycles. The maximum absolute atomic E-state index is 13.0. The second-order valence-electron chi connectivity index (χ2n) is 10.3. The molecule has 4 saturated carbocycles. The van der Waals surface area contributed by atoms with Crippen LogP contribution in [0.2, 0.25) is 0 Å². The van der Waals surface area contributed by atoms with Crippen molar-refractivity contribution in [2.75, 3.05) is 18.0 Å². The van der Waals surface area contributed by atoms with Crippen molar-refractivity contribution in [3.63, 3.8) is 0 Å². The summed E-state index contributed by atoms with van der Waals surface area (Å²) in [4.78, 5) is 27.8. The molecule has 29 heavy (non-hydrogen) atoms. The zero-order valence-corrected chi connectivity index (χ0v) is 17.7. The number of carbonyl (C=O) groups is 2. The molecular weight excluding hydrogens is 360 g/mol. The van der Waals surface area contributed by atoms with Gasteiger partial charge in [0.15, 0.2) is 0 Å². The molecule has 2 amide bonds. The van der Waals surface area contributed by atoms with Gasteiger partial charge in [-0.3, -0.25) is 9.59 Å². The predicted octanol–water partition coefficient (Wildman–Crippen LogP) is 4.39. The zero-order chi connectivity index (χ0) is 20.0. The Morgan fingerprint density at radius 3 is 2.48 bits per heavy atom. The Bertz CT molecular complexity index is 780. The Kier molecular flexibility index (Phi) is 4.92. The third kappa shape index (κ3) is 3.60. The number of carbonyl (C=O) groups excluding carboxylic acids is 2. The lowest BCUT2D eigenvalue weighted by molar-refractivity contribution is -0.146. The summed E-state index contributed by atoms with van der Waals surface area (Å²) in [5.41, 5.74) is 3.55. The summed E-state index contributed by atoms with van der Waals surface area (Å²) >= 11 is 0. The van der Waals surface area contributed by atoms with Gasteiger partial charge >= 0.3 is 0 Å². The van der Waals surface area contributed by atoms with Crippen molar-refractivity contribution in [1.29, 1.82) is 0 Å². The van der Waals surface area contributed by atoms with Crippen LogP contribution in [0.5, 0.6) is 0 Å². The lowest BCUT2D eigenvalue weighted by Gasteiger charge is -2.55. The quantitative estimate of drug-likeness (QED) is 0.753. The van der Waals surface area contributed by atoms with E-state index in [0.717, 1.165) is 68.5 Å². The normalized spacial score (nSPS) is 32.2. The summed E-state index contributed by atoms with van der Waals surface area (Å²) in [7, 11) is 0. The van der Waals surface area contributed by atoms with Crippen molar-refractivity contribution in [2.45, 2.75) is 71.1 Å². The van der Waals surface area contributed by atoms with E-state index in [4.69, 9.17) is 0 Å². The summed E-state index contributed by atoms with van der Waals surface area (Å²) < 4.78 is 0. The van der Waals surface area contributed by atoms with Gasteiger partial charge in [0.25, 0.3) is 0 Å². The third-order valence-corrected chi connectivity index (χ3v) is 8.03. The number of anilines is 1. The van der Waals surface area contributed by atoms with Crippen LogP contribution in [0.3, 0.4) is 0 Å². The number of benzene rings is 1. The molecule has 4 bridgehead atoms. The van der Waals surface area contributed by atoms with E-state index in [-0.39, 0.29) is 17.2 Å². The van der Waals surface area contributed by atoms with Gasteiger partial charge in [-0.05, 0) is 94.1 Å². The molecule has 4 aliphatic carbocycles. The molecule has 0 radical (unpaired) electrons. The summed E-state index contributed by atoms with van der Waals surface area (Å²) in [5, 5.41) is 3.21. The Balaban J connectivity index is 1.13. The SMILES string of the molecule is Cc1ccc2c(c1)CCCN2C(=O)CCCNC(=O)C12CC3CC(CC(C3)C1)C2. The summed E-state index contributed by atoms with van der Waals surface area (Å²) in [6, 6.07) is 6.40. The number of fused-ring (bicyclic) bond motifs is 1. The second kappa shape index (κ2) is 7.45. The maximum atomic E-state index is 13.0. The van der Waals surface area contributed by atoms with Crippen LogP contribution in [0.25, 0.3) is 0 Å². The van der Waals surface area contributed by atoms with Crippen molar-refractivity contribution >= 4 is 17.5 Å². The maximum Gasteiger partial charge on any atom is 0.227 e. The van der Waals surface area contributed by atoms with Gasteiger partial charge in [0.2, 0.25) is 11.8 Å². The molecule has 1 aliphatic heterocycles. The number of amides is 2. The van der Waals surface area contributed by atoms with Crippen LogP contribution < -0.4 is 10.2 Å². The Morgan fingerprint density at radius 1 is 1.10 bits per heavy atom. The van der Waals surface area contributed by atoms with E-state index in [1.54, 1.807) is 0 Å². The minimum Gasteiger partial charge on any atom is -0.356 e. The monoisotopic (exact) mass is 394 g/mol. The standard InChI is InChI=1S/C25H34N2O2/c1-17-6-7-22-21(10-17)4-3-9-27(22)23(28)5-2-8-26-24(29)25-14-18-11-19(15-25)13-20(12-18)16-25/h6-7,10,18-20H,2-5,8-9,11-16H2,1H3,(H,26,29). The van der Waals surface area contributed by atoms with Crippen molar-refractivity contribution < 1.29 is 9.59 Å². The highest BCUT2D eigenvalue weighted by Gasteiger charge is 2.54. The first-order chi connectivity index (χ1) is 14.0. The Labute approximate surface area is 174 Å². The van der Waals surface area contributed by atoms with E-state index in [1.165, 1.54) is 30.4 Å². The van der Waals surface area contributed by atoms with Crippen molar-refractivity contribution in [3.8, 4) is 0 Å². The molecule has 6 rings (SSSR count). The smallest absolute Gasteiger partial charge is 0.227 e. The van der Waals surface area contributed by atoms with Gasteiger partial charge < -0.3 is 10.2 Å². The van der Waals surface area contributed by atoms with Crippen LogP contribution in [0.4, 0.5) is 5.69 Å². The molecule has 1 aromatic carbocycles. The molecular formula is C25H34N2O2. The fourth-order valence-electron chi connectivity index (χ4n) is 7.14. The van der Waals surface area contributed by atoms with Gasteiger partial charge in [-0.1, -0.05) is 17.7 Å². The summed E-state index contributed by atoms with van der Waals surface area (Å²) in [5.74, 6) is 2.84. The number of rotatable bonds is 5. The predicted molar refractivity (Wildman–Crippen MR) is 115 cm³/mol. The van der Waals surface area contributed by atoms with Gasteiger partial charge in [0.05, 0.1) is 0 Å². The first-order valence-corrected chi connectivity index (χ1v) is 11.7. The molecule has 1 heterocycles. The largest absolute Gasteiger partial charge is 0.356 e. The van der Waals surface area contributed by atoms with Crippen LogP contribution in [0.15, 0.2) is 18.2 Å². The second-order valence-corrected chi connectivity index (χ2v) is 10.3. The van der Waals surface area contributed by atoms with E-state index >= 15 is 0 Å². The average Bonchev–Trinajstić information content (AvgIpc) is 2.69. The van der Waals surface area contributed by atoms with E-state index in [9.17, 15) is 9.59 Å². The fourth-order valence-corrected chi connectivity index (χ4v) is 7.14. The van der Waals surface area contributed by atoms with Crippen molar-refractivity contribution in [3.05, 3.63) is 29.3 Å². The molecule has 1 N–H and O–H groups in total. The highest BCUT2D eigenvalue weighted by Crippen LogP contribution is 2.60. The first kappa shape index (κ1) is 19.1. The number of nitrogens with one attached hydrogen (secondary N) is 1. The minimum atomic E-state index is -0.0809. The highest BCUT2D eigenvalue weighted by molar-refractivity contribution is 5.94. The molecule has 1 aromatic rings. The van der Waals surface area contributed by atoms with Crippen molar-refractivity contribution in [2.24, 2.45) is 23.2 Å². The van der Waals surface area contributed by atoms with Crippen molar-refractivity contribution in [1.82, 2.24) is 5.32 Å². The van der Waals surface area contributed by atoms with Gasteiger partial charge in [0, 0.05) is 30.6 Å². The molecule has 0 aromatic heterocycles. The van der Waals surface area contributed by atoms with E-state index in [1.807, 2.05) is 4.90 Å². The molecule has 4 heteroatoms. The van der Waals surface area contributed by atoms with Crippen LogP contribution in [-0.2, 0) is 16.0 Å². The van der Waals surface area contributed by atoms with Crippen LogP contribution in [0, 0.1) is 30.1 Å². The van der Waals surface area contributed by atoms with E-state index in [2.05, 4.69) is 30.4 Å². The van der Waals surface area contributed by atoms with E-state index < -0.39 is 0 Å². The van der Waals surface area contributed by atoms with Gasteiger partial charge in [-0.25, -0.2) is 0 Å². The minimum absolute atomic E-state index is 0.0809. The van der Waals surface area contributed by atoms with Gasteiger partial charge in [-0.2, -0.15) is 0 Å². The number of aryl methyl sites for hydroxylation is 2. The highest BCUT2D eigenvalue weighted by atomic mass is 16.2. The fraction of sp³-hybridized carbons (Fsp3) is 0.680. The molecule has 4 fully saturated rings. The number of nitrogens with zero attached hydrogens (tertiary/aromatic N) is 1. The number of hydrogen-bond donors (Lipinski definition) is 1. The van der Waals surface area contributed by atoms with Crippen LogP contribution in [-0.4, -0.2) is 24.9 Å².